The van der Waals surface area contributed by atoms with Crippen molar-refractivity contribution in [1.82, 2.24) is 9.97 Å². The average molecular weight is 274 g/mol. The number of aromatic amines is 1. The molecule has 1 aromatic heterocycles. The highest BCUT2D eigenvalue weighted by molar-refractivity contribution is 7.98. The van der Waals surface area contributed by atoms with Crippen LogP contribution in [0.5, 0.6) is 0 Å². The van der Waals surface area contributed by atoms with E-state index in [-0.39, 0.29) is 11.7 Å². The zero-order chi connectivity index (χ0) is 13.2. The van der Waals surface area contributed by atoms with Crippen molar-refractivity contribution >= 4 is 11.8 Å². The normalized spacial score (nSPS) is 15.2. The third-order valence-corrected chi connectivity index (χ3v) is 4.16. The molecule has 0 saturated heterocycles. The number of nitrogens with one attached hydrogen (secondary N) is 1. The lowest BCUT2D eigenvalue weighted by Crippen LogP contribution is -2.20. The molecule has 0 radical (unpaired) electrons. The summed E-state index contributed by atoms with van der Waals surface area (Å²) in [6.07, 6.45) is -0.329. The SMILES string of the molecule is COC(c1ccccc1)c1nc2c(c(=O)[nH]1)CSC2. The van der Waals surface area contributed by atoms with Gasteiger partial charge in [0.2, 0.25) is 0 Å². The number of hydrogen-bond donors (Lipinski definition) is 1. The molecule has 2 aromatic rings. The molecule has 1 aliphatic heterocycles. The fraction of sp³-hybridized carbons (Fsp3) is 0.286. The van der Waals surface area contributed by atoms with E-state index < -0.39 is 0 Å². The first kappa shape index (κ1) is 12.4. The fourth-order valence-corrected chi connectivity index (χ4v) is 3.28. The number of benzene rings is 1. The molecule has 3 rings (SSSR count). The first-order valence-electron chi connectivity index (χ1n) is 6.07. The predicted octanol–water partition coefficient (Wildman–Crippen LogP) is 2.25. The zero-order valence-electron chi connectivity index (χ0n) is 10.6. The van der Waals surface area contributed by atoms with E-state index in [4.69, 9.17) is 4.74 Å². The molecular formula is C14H14N2O2S. The summed E-state index contributed by atoms with van der Waals surface area (Å²) in [5.41, 5.74) is 2.64. The Bertz CT molecular complexity index is 640. The van der Waals surface area contributed by atoms with Crippen molar-refractivity contribution in [3.63, 3.8) is 0 Å². The number of nitrogens with zero attached hydrogens (tertiary/aromatic N) is 1. The van der Waals surface area contributed by atoms with Crippen LogP contribution in [0.2, 0.25) is 0 Å². The lowest BCUT2D eigenvalue weighted by atomic mass is 10.1. The van der Waals surface area contributed by atoms with Crippen molar-refractivity contribution < 1.29 is 4.74 Å². The second-order valence-corrected chi connectivity index (χ2v) is 5.38. The van der Waals surface area contributed by atoms with Crippen LogP contribution in [0.3, 0.4) is 0 Å². The summed E-state index contributed by atoms with van der Waals surface area (Å²) in [5.74, 6) is 2.14. The second kappa shape index (κ2) is 5.19. The highest BCUT2D eigenvalue weighted by Gasteiger charge is 2.22. The molecule has 5 heteroatoms. The fourth-order valence-electron chi connectivity index (χ4n) is 2.24. The monoisotopic (exact) mass is 274 g/mol. The van der Waals surface area contributed by atoms with Crippen molar-refractivity contribution in [2.45, 2.75) is 17.6 Å². The van der Waals surface area contributed by atoms with Crippen molar-refractivity contribution in [1.29, 1.82) is 0 Å². The highest BCUT2D eigenvalue weighted by atomic mass is 32.2. The van der Waals surface area contributed by atoms with E-state index in [9.17, 15) is 4.79 Å². The number of thioether (sulfide) groups is 1. The van der Waals surface area contributed by atoms with Gasteiger partial charge in [0, 0.05) is 24.2 Å². The predicted molar refractivity (Wildman–Crippen MR) is 75.2 cm³/mol. The number of methoxy groups -OCH3 is 1. The maximum Gasteiger partial charge on any atom is 0.255 e. The Morgan fingerprint density at radius 2 is 2.11 bits per heavy atom. The van der Waals surface area contributed by atoms with E-state index in [0.717, 1.165) is 28.3 Å². The summed E-state index contributed by atoms with van der Waals surface area (Å²) in [7, 11) is 1.62. The van der Waals surface area contributed by atoms with Crippen LogP contribution in [0, 0.1) is 0 Å². The molecule has 0 amide bonds. The summed E-state index contributed by atoms with van der Waals surface area (Å²) >= 11 is 1.72. The third-order valence-electron chi connectivity index (χ3n) is 3.19. The topological polar surface area (TPSA) is 55.0 Å². The molecule has 1 aliphatic rings. The summed E-state index contributed by atoms with van der Waals surface area (Å²) in [4.78, 5) is 19.4. The molecule has 1 atom stereocenters. The van der Waals surface area contributed by atoms with Crippen LogP contribution in [-0.4, -0.2) is 17.1 Å². The van der Waals surface area contributed by atoms with Gasteiger partial charge >= 0.3 is 0 Å². The van der Waals surface area contributed by atoms with Crippen LogP contribution >= 0.6 is 11.8 Å². The van der Waals surface area contributed by atoms with Crippen LogP contribution in [0.4, 0.5) is 0 Å². The molecular weight excluding hydrogens is 260 g/mol. The van der Waals surface area contributed by atoms with Crippen molar-refractivity contribution in [2.75, 3.05) is 7.11 Å². The molecule has 0 spiro atoms. The van der Waals surface area contributed by atoms with Gasteiger partial charge in [-0.15, -0.1) is 0 Å². The Kier molecular flexibility index (Phi) is 3.40. The minimum atomic E-state index is -0.329. The van der Waals surface area contributed by atoms with E-state index in [1.54, 1.807) is 18.9 Å². The van der Waals surface area contributed by atoms with Crippen LogP contribution in [0.1, 0.15) is 28.7 Å². The lowest BCUT2D eigenvalue weighted by Gasteiger charge is -2.15. The van der Waals surface area contributed by atoms with Gasteiger partial charge < -0.3 is 9.72 Å². The largest absolute Gasteiger partial charge is 0.369 e. The quantitative estimate of drug-likeness (QED) is 0.932. The van der Waals surface area contributed by atoms with E-state index in [2.05, 4.69) is 9.97 Å². The molecule has 0 bridgehead atoms. The van der Waals surface area contributed by atoms with Gasteiger partial charge in [-0.2, -0.15) is 11.8 Å². The Morgan fingerprint density at radius 3 is 2.84 bits per heavy atom. The Balaban J connectivity index is 2.06. The molecule has 0 saturated carbocycles. The smallest absolute Gasteiger partial charge is 0.255 e. The summed E-state index contributed by atoms with van der Waals surface area (Å²) in [5, 5.41) is 0. The summed E-state index contributed by atoms with van der Waals surface area (Å²) in [6.45, 7) is 0. The average Bonchev–Trinajstić information content (AvgIpc) is 2.90. The Hall–Kier alpha value is -1.59. The molecule has 1 unspecified atom stereocenters. The molecule has 2 heterocycles. The Morgan fingerprint density at radius 1 is 1.32 bits per heavy atom. The van der Waals surface area contributed by atoms with Crippen molar-refractivity contribution in [2.24, 2.45) is 0 Å². The third kappa shape index (κ3) is 2.31. The lowest BCUT2D eigenvalue weighted by molar-refractivity contribution is 0.128. The number of fused-ring (bicyclic) bond motifs is 1. The summed E-state index contributed by atoms with van der Waals surface area (Å²) < 4.78 is 5.50. The number of ether oxygens (including phenoxy) is 1. The van der Waals surface area contributed by atoms with Crippen LogP contribution < -0.4 is 5.56 Å². The second-order valence-electron chi connectivity index (χ2n) is 4.40. The van der Waals surface area contributed by atoms with Gasteiger partial charge in [0.15, 0.2) is 0 Å². The van der Waals surface area contributed by atoms with Gasteiger partial charge in [0.1, 0.15) is 11.9 Å². The van der Waals surface area contributed by atoms with Gasteiger partial charge in [-0.3, -0.25) is 4.79 Å². The van der Waals surface area contributed by atoms with Crippen molar-refractivity contribution in [3.8, 4) is 0 Å². The van der Waals surface area contributed by atoms with E-state index in [1.165, 1.54) is 0 Å². The summed E-state index contributed by atoms with van der Waals surface area (Å²) in [6, 6.07) is 9.78. The van der Waals surface area contributed by atoms with Crippen molar-refractivity contribution in [3.05, 3.63) is 63.3 Å². The first-order valence-corrected chi connectivity index (χ1v) is 7.22. The molecule has 4 nitrogen and oxygen atoms in total. The van der Waals surface area contributed by atoms with Crippen LogP contribution in [-0.2, 0) is 16.2 Å². The zero-order valence-corrected chi connectivity index (χ0v) is 11.4. The highest BCUT2D eigenvalue weighted by Crippen LogP contribution is 2.28. The molecule has 0 aliphatic carbocycles. The van der Waals surface area contributed by atoms with Gasteiger partial charge in [-0.25, -0.2) is 4.98 Å². The Labute approximate surface area is 115 Å². The standard InChI is InChI=1S/C14H14N2O2S/c1-18-12(9-5-3-2-4-6-9)13-15-11-8-19-7-10(11)14(17)16-13/h2-6,12H,7-8H2,1H3,(H,15,16,17). The van der Waals surface area contributed by atoms with E-state index in [0.29, 0.717) is 5.82 Å². The number of H-pyrrole nitrogens is 1. The molecule has 0 fully saturated rings. The van der Waals surface area contributed by atoms with Crippen LogP contribution in [0.15, 0.2) is 35.1 Å². The van der Waals surface area contributed by atoms with E-state index in [1.807, 2.05) is 30.3 Å². The van der Waals surface area contributed by atoms with Gasteiger partial charge in [-0.1, -0.05) is 30.3 Å². The molecule has 19 heavy (non-hydrogen) atoms. The minimum Gasteiger partial charge on any atom is -0.369 e. The number of aromatic nitrogens is 2. The van der Waals surface area contributed by atoms with Crippen LogP contribution in [0.25, 0.3) is 0 Å². The molecule has 98 valence electrons. The molecule has 1 aromatic carbocycles. The van der Waals surface area contributed by atoms with Gasteiger partial charge in [0.25, 0.3) is 5.56 Å². The number of hydrogen-bond acceptors (Lipinski definition) is 4. The first-order chi connectivity index (χ1) is 9.29. The maximum absolute atomic E-state index is 12.0. The molecule has 1 N–H and O–H groups in total. The van der Waals surface area contributed by atoms with Gasteiger partial charge in [-0.05, 0) is 5.56 Å². The van der Waals surface area contributed by atoms with Gasteiger partial charge in [0.05, 0.1) is 5.69 Å². The van der Waals surface area contributed by atoms with E-state index >= 15 is 0 Å². The minimum absolute atomic E-state index is 0.0389. The number of rotatable bonds is 3. The maximum atomic E-state index is 12.0.